The van der Waals surface area contributed by atoms with Crippen LogP contribution in [0, 0.1) is 13.8 Å². The van der Waals surface area contributed by atoms with Crippen LogP contribution in [0.15, 0.2) is 42.5 Å². The van der Waals surface area contributed by atoms with Crippen LogP contribution in [0.3, 0.4) is 0 Å². The Morgan fingerprint density at radius 2 is 1.71 bits per heavy atom. The van der Waals surface area contributed by atoms with Gasteiger partial charge < -0.3 is 0 Å². The zero-order valence-electron chi connectivity index (χ0n) is 12.8. The molecule has 0 spiro atoms. The lowest BCUT2D eigenvalue weighted by molar-refractivity contribution is -0.0429. The van der Waals surface area contributed by atoms with Gasteiger partial charge >= 0.3 is 15.5 Å². The Morgan fingerprint density at radius 1 is 1.04 bits per heavy atom. The van der Waals surface area contributed by atoms with E-state index in [-0.39, 0.29) is 11.3 Å². The van der Waals surface area contributed by atoms with Gasteiger partial charge in [0.2, 0.25) is 0 Å². The molecule has 2 aromatic carbocycles. The lowest BCUT2D eigenvalue weighted by Crippen LogP contribution is -2.29. The highest BCUT2D eigenvalue weighted by atomic mass is 32.2. The molecule has 0 aliphatic carbocycles. The van der Waals surface area contributed by atoms with Crippen molar-refractivity contribution in [2.75, 3.05) is 4.72 Å². The van der Waals surface area contributed by atoms with Crippen LogP contribution in [-0.4, -0.2) is 19.7 Å². The largest absolute Gasteiger partial charge is 0.516 e. The summed E-state index contributed by atoms with van der Waals surface area (Å²) >= 11 is 0. The monoisotopic (exact) mass is 357 g/mol. The Labute approximate surface area is 137 Å². The average molecular weight is 357 g/mol. The maximum Gasteiger partial charge on any atom is 0.516 e. The van der Waals surface area contributed by atoms with Gasteiger partial charge in [-0.15, -0.1) is 0 Å². The molecule has 0 unspecified atom stereocenters. The number of aryl methyl sites for hydroxylation is 2. The van der Waals surface area contributed by atoms with E-state index < -0.39 is 21.3 Å². The quantitative estimate of drug-likeness (QED) is 0.847. The Morgan fingerprint density at radius 3 is 2.33 bits per heavy atom. The fraction of sp³-hybridized carbons (Fsp3) is 0.188. The molecule has 0 radical (unpaired) electrons. The predicted octanol–water partition coefficient (Wildman–Crippen LogP) is 3.80. The molecule has 0 aliphatic rings. The van der Waals surface area contributed by atoms with Crippen molar-refractivity contribution in [3.8, 4) is 0 Å². The molecule has 0 fully saturated rings. The van der Waals surface area contributed by atoms with Crippen molar-refractivity contribution in [2.24, 2.45) is 0 Å². The van der Waals surface area contributed by atoms with Crippen LogP contribution < -0.4 is 4.72 Å². The van der Waals surface area contributed by atoms with E-state index in [1.807, 2.05) is 13.0 Å². The molecule has 0 heterocycles. The third-order valence-electron chi connectivity index (χ3n) is 3.32. The maximum absolute atomic E-state index is 12.5. The highest BCUT2D eigenvalue weighted by molar-refractivity contribution is 7.93. The first-order valence-corrected chi connectivity index (χ1v) is 8.31. The van der Waals surface area contributed by atoms with Crippen molar-refractivity contribution in [3.63, 3.8) is 0 Å². The number of alkyl halides is 3. The molecular weight excluding hydrogens is 343 g/mol. The Balaban J connectivity index is 2.37. The number of halogens is 3. The number of ketones is 1. The third-order valence-corrected chi connectivity index (χ3v) is 4.43. The summed E-state index contributed by atoms with van der Waals surface area (Å²) in [6.45, 7) is 3.55. The van der Waals surface area contributed by atoms with Crippen LogP contribution in [0.5, 0.6) is 0 Å². The van der Waals surface area contributed by atoms with E-state index in [1.54, 1.807) is 19.1 Å². The lowest BCUT2D eigenvalue weighted by Gasteiger charge is -2.12. The van der Waals surface area contributed by atoms with Gasteiger partial charge in [0, 0.05) is 16.8 Å². The standard InChI is InChI=1S/C16H14F3NO3S/c1-10-6-7-11(2)14(8-10)15(21)12-4-3-5-13(9-12)20-24(22,23)16(17,18)19/h3-9,20H,1-2H3. The highest BCUT2D eigenvalue weighted by Gasteiger charge is 2.46. The van der Waals surface area contributed by atoms with Gasteiger partial charge in [-0.25, -0.2) is 0 Å². The van der Waals surface area contributed by atoms with Gasteiger partial charge in [-0.2, -0.15) is 21.6 Å². The normalized spacial score (nSPS) is 12.0. The fourth-order valence-electron chi connectivity index (χ4n) is 2.07. The smallest absolute Gasteiger partial charge is 0.289 e. The first-order chi connectivity index (χ1) is 11.0. The molecule has 24 heavy (non-hydrogen) atoms. The lowest BCUT2D eigenvalue weighted by atomic mass is 9.97. The number of hydrogen-bond donors (Lipinski definition) is 1. The molecule has 0 atom stereocenters. The zero-order valence-corrected chi connectivity index (χ0v) is 13.6. The van der Waals surface area contributed by atoms with Gasteiger partial charge in [0.05, 0.1) is 0 Å². The molecule has 128 valence electrons. The van der Waals surface area contributed by atoms with E-state index in [2.05, 4.69) is 0 Å². The van der Waals surface area contributed by atoms with E-state index in [1.165, 1.54) is 16.9 Å². The van der Waals surface area contributed by atoms with Crippen LogP contribution in [0.4, 0.5) is 18.9 Å². The molecule has 2 rings (SSSR count). The molecule has 4 nitrogen and oxygen atoms in total. The van der Waals surface area contributed by atoms with Crippen molar-refractivity contribution in [1.82, 2.24) is 0 Å². The second-order valence-corrected chi connectivity index (χ2v) is 6.95. The molecule has 2 aromatic rings. The Kier molecular flexibility index (Phi) is 4.70. The van der Waals surface area contributed by atoms with Crippen molar-refractivity contribution in [3.05, 3.63) is 64.7 Å². The Hall–Kier alpha value is -2.35. The number of hydrogen-bond acceptors (Lipinski definition) is 3. The summed E-state index contributed by atoms with van der Waals surface area (Å²) in [4.78, 5) is 12.5. The van der Waals surface area contributed by atoms with Crippen LogP contribution in [0.25, 0.3) is 0 Å². The molecule has 8 heteroatoms. The molecule has 0 saturated heterocycles. The van der Waals surface area contributed by atoms with E-state index in [4.69, 9.17) is 0 Å². The number of nitrogens with one attached hydrogen (secondary N) is 1. The van der Waals surface area contributed by atoms with Gasteiger partial charge in [-0.1, -0.05) is 29.8 Å². The minimum absolute atomic E-state index is 0.0890. The van der Waals surface area contributed by atoms with Gasteiger partial charge in [0.1, 0.15) is 0 Å². The number of sulfonamides is 1. The number of anilines is 1. The van der Waals surface area contributed by atoms with Gasteiger partial charge in [0.15, 0.2) is 5.78 Å². The number of carbonyl (C=O) groups excluding carboxylic acids is 1. The summed E-state index contributed by atoms with van der Waals surface area (Å²) in [5.74, 6) is -0.399. The van der Waals surface area contributed by atoms with Crippen LogP contribution >= 0.6 is 0 Å². The summed E-state index contributed by atoms with van der Waals surface area (Å²) in [6, 6.07) is 10.2. The second kappa shape index (κ2) is 6.27. The van der Waals surface area contributed by atoms with E-state index >= 15 is 0 Å². The predicted molar refractivity (Wildman–Crippen MR) is 84.4 cm³/mol. The minimum atomic E-state index is -5.53. The van der Waals surface area contributed by atoms with Gasteiger partial charge in [-0.05, 0) is 37.6 Å². The van der Waals surface area contributed by atoms with Crippen molar-refractivity contribution >= 4 is 21.5 Å². The molecular formula is C16H14F3NO3S. The summed E-state index contributed by atoms with van der Waals surface area (Å²) < 4.78 is 61.0. The van der Waals surface area contributed by atoms with E-state index in [0.717, 1.165) is 17.7 Å². The van der Waals surface area contributed by atoms with Gasteiger partial charge in [0.25, 0.3) is 0 Å². The second-order valence-electron chi connectivity index (χ2n) is 5.28. The van der Waals surface area contributed by atoms with E-state index in [0.29, 0.717) is 11.1 Å². The Bertz CT molecular complexity index is 890. The molecule has 0 aliphatic heterocycles. The summed E-state index contributed by atoms with van der Waals surface area (Å²) in [5, 5.41) is 0. The summed E-state index contributed by atoms with van der Waals surface area (Å²) in [5.41, 5.74) is -3.69. The molecule has 0 saturated carbocycles. The number of benzene rings is 2. The van der Waals surface area contributed by atoms with Crippen LogP contribution in [0.1, 0.15) is 27.0 Å². The number of carbonyl (C=O) groups is 1. The van der Waals surface area contributed by atoms with Crippen molar-refractivity contribution in [1.29, 1.82) is 0 Å². The van der Waals surface area contributed by atoms with E-state index in [9.17, 15) is 26.4 Å². The van der Waals surface area contributed by atoms with Crippen LogP contribution in [0.2, 0.25) is 0 Å². The number of rotatable bonds is 4. The summed E-state index contributed by atoms with van der Waals surface area (Å²) in [6.07, 6.45) is 0. The first-order valence-electron chi connectivity index (χ1n) is 6.82. The maximum atomic E-state index is 12.5. The highest BCUT2D eigenvalue weighted by Crippen LogP contribution is 2.26. The molecule has 0 aromatic heterocycles. The van der Waals surface area contributed by atoms with Crippen LogP contribution in [-0.2, 0) is 10.0 Å². The molecule has 1 N–H and O–H groups in total. The average Bonchev–Trinajstić information content (AvgIpc) is 2.47. The van der Waals surface area contributed by atoms with Crippen molar-refractivity contribution < 1.29 is 26.4 Å². The zero-order chi connectivity index (χ0) is 18.1. The minimum Gasteiger partial charge on any atom is -0.289 e. The molecule has 0 bridgehead atoms. The first kappa shape index (κ1) is 18.0. The summed E-state index contributed by atoms with van der Waals surface area (Å²) in [7, 11) is -5.53. The fourth-order valence-corrected chi connectivity index (χ4v) is 2.63. The SMILES string of the molecule is Cc1ccc(C)c(C(=O)c2cccc(NS(=O)(=O)C(F)(F)F)c2)c1. The molecule has 0 amide bonds. The van der Waals surface area contributed by atoms with Crippen molar-refractivity contribution in [2.45, 2.75) is 19.4 Å². The third kappa shape index (κ3) is 3.76. The van der Waals surface area contributed by atoms with Gasteiger partial charge in [-0.3, -0.25) is 9.52 Å². The topological polar surface area (TPSA) is 63.2 Å².